The highest BCUT2D eigenvalue weighted by Gasteiger charge is 2.14. The minimum absolute atomic E-state index is 0.314. The summed E-state index contributed by atoms with van der Waals surface area (Å²) >= 11 is 0. The zero-order chi connectivity index (χ0) is 16.1. The number of ether oxygens (including phenoxy) is 1. The van der Waals surface area contributed by atoms with E-state index in [2.05, 4.69) is 37.6 Å². The SMILES string of the molecule is CC(C)N(CCOC(=O)c1cnc2ccccc2c1)C(C)C. The molecule has 0 N–H and O–H groups in total. The lowest BCUT2D eigenvalue weighted by molar-refractivity contribution is 0.0417. The molecule has 0 spiro atoms. The third-order valence-corrected chi connectivity index (χ3v) is 3.74. The molecular weight excluding hydrogens is 276 g/mol. The fraction of sp³-hybridized carbons (Fsp3) is 0.444. The Morgan fingerprint density at radius 1 is 1.18 bits per heavy atom. The van der Waals surface area contributed by atoms with Crippen molar-refractivity contribution in [1.29, 1.82) is 0 Å². The van der Waals surface area contributed by atoms with E-state index in [-0.39, 0.29) is 5.97 Å². The number of para-hydroxylation sites is 1. The molecular formula is C18H24N2O2. The highest BCUT2D eigenvalue weighted by molar-refractivity contribution is 5.93. The summed E-state index contributed by atoms with van der Waals surface area (Å²) in [4.78, 5) is 18.7. The van der Waals surface area contributed by atoms with Crippen LogP contribution in [0.2, 0.25) is 0 Å². The lowest BCUT2D eigenvalue weighted by Gasteiger charge is -2.30. The third-order valence-electron chi connectivity index (χ3n) is 3.74. The second-order valence-corrected chi connectivity index (χ2v) is 5.98. The maximum Gasteiger partial charge on any atom is 0.339 e. The monoisotopic (exact) mass is 300 g/mol. The van der Waals surface area contributed by atoms with Gasteiger partial charge in [-0.1, -0.05) is 18.2 Å². The molecule has 0 aliphatic carbocycles. The van der Waals surface area contributed by atoms with Crippen LogP contribution in [0.1, 0.15) is 38.1 Å². The van der Waals surface area contributed by atoms with Crippen molar-refractivity contribution in [1.82, 2.24) is 9.88 Å². The van der Waals surface area contributed by atoms with Gasteiger partial charge in [0.15, 0.2) is 0 Å². The summed E-state index contributed by atoms with van der Waals surface area (Å²) in [5, 5.41) is 0.947. The maximum atomic E-state index is 12.1. The van der Waals surface area contributed by atoms with Gasteiger partial charge in [0.2, 0.25) is 0 Å². The molecule has 22 heavy (non-hydrogen) atoms. The molecule has 0 aliphatic heterocycles. The molecule has 0 aliphatic rings. The first-order valence-electron chi connectivity index (χ1n) is 7.76. The minimum atomic E-state index is -0.314. The predicted octanol–water partition coefficient (Wildman–Crippen LogP) is 3.51. The van der Waals surface area contributed by atoms with Crippen LogP contribution in [0.4, 0.5) is 0 Å². The third kappa shape index (κ3) is 4.04. The van der Waals surface area contributed by atoms with E-state index in [1.54, 1.807) is 6.20 Å². The van der Waals surface area contributed by atoms with E-state index in [0.29, 0.717) is 24.3 Å². The van der Waals surface area contributed by atoms with Crippen molar-refractivity contribution in [3.8, 4) is 0 Å². The fourth-order valence-corrected chi connectivity index (χ4v) is 2.62. The molecule has 0 radical (unpaired) electrons. The van der Waals surface area contributed by atoms with Crippen LogP contribution in [0.25, 0.3) is 10.9 Å². The average molecular weight is 300 g/mol. The second kappa shape index (κ2) is 7.36. The predicted molar refractivity (Wildman–Crippen MR) is 89.0 cm³/mol. The zero-order valence-corrected chi connectivity index (χ0v) is 13.7. The Labute approximate surface area is 132 Å². The van der Waals surface area contributed by atoms with Gasteiger partial charge < -0.3 is 4.74 Å². The van der Waals surface area contributed by atoms with E-state index in [9.17, 15) is 4.79 Å². The minimum Gasteiger partial charge on any atom is -0.461 e. The number of benzene rings is 1. The van der Waals surface area contributed by atoms with E-state index < -0.39 is 0 Å². The Morgan fingerprint density at radius 2 is 1.86 bits per heavy atom. The van der Waals surface area contributed by atoms with Crippen molar-refractivity contribution in [2.45, 2.75) is 39.8 Å². The zero-order valence-electron chi connectivity index (χ0n) is 13.7. The Bertz CT molecular complexity index is 630. The van der Waals surface area contributed by atoms with Gasteiger partial charge in [0.1, 0.15) is 6.61 Å². The molecule has 0 atom stereocenters. The summed E-state index contributed by atoms with van der Waals surface area (Å²) in [6.07, 6.45) is 1.58. The van der Waals surface area contributed by atoms with Crippen molar-refractivity contribution >= 4 is 16.9 Å². The largest absolute Gasteiger partial charge is 0.461 e. The molecule has 0 bridgehead atoms. The van der Waals surface area contributed by atoms with E-state index >= 15 is 0 Å². The van der Waals surface area contributed by atoms with Crippen LogP contribution in [0, 0.1) is 0 Å². The van der Waals surface area contributed by atoms with Gasteiger partial charge in [0, 0.05) is 30.2 Å². The first-order chi connectivity index (χ1) is 10.5. The number of aromatic nitrogens is 1. The maximum absolute atomic E-state index is 12.1. The molecule has 2 aromatic rings. The van der Waals surface area contributed by atoms with Gasteiger partial charge in [-0.25, -0.2) is 4.79 Å². The number of carbonyl (C=O) groups excluding carboxylic acids is 1. The summed E-state index contributed by atoms with van der Waals surface area (Å²) < 4.78 is 5.39. The van der Waals surface area contributed by atoms with Crippen molar-refractivity contribution < 1.29 is 9.53 Å². The van der Waals surface area contributed by atoms with E-state index in [1.807, 2.05) is 30.3 Å². The highest BCUT2D eigenvalue weighted by Crippen LogP contribution is 2.13. The Kier molecular flexibility index (Phi) is 5.50. The Hall–Kier alpha value is -1.94. The average Bonchev–Trinajstić information content (AvgIpc) is 2.50. The highest BCUT2D eigenvalue weighted by atomic mass is 16.5. The second-order valence-electron chi connectivity index (χ2n) is 5.98. The summed E-state index contributed by atoms with van der Waals surface area (Å²) in [6.45, 7) is 9.72. The summed E-state index contributed by atoms with van der Waals surface area (Å²) in [5.41, 5.74) is 1.38. The quantitative estimate of drug-likeness (QED) is 0.766. The van der Waals surface area contributed by atoms with Crippen molar-refractivity contribution in [2.24, 2.45) is 0 Å². The standard InChI is InChI=1S/C18H24N2O2/c1-13(2)20(14(3)4)9-10-22-18(21)16-11-15-7-5-6-8-17(15)19-12-16/h5-8,11-14H,9-10H2,1-4H3. The first kappa shape index (κ1) is 16.4. The summed E-state index contributed by atoms with van der Waals surface area (Å²) in [6, 6.07) is 10.4. The molecule has 1 heterocycles. The summed E-state index contributed by atoms with van der Waals surface area (Å²) in [5.74, 6) is -0.314. The Morgan fingerprint density at radius 3 is 2.55 bits per heavy atom. The Balaban J connectivity index is 1.96. The van der Waals surface area contributed by atoms with Gasteiger partial charge in [-0.15, -0.1) is 0 Å². The number of nitrogens with zero attached hydrogens (tertiary/aromatic N) is 2. The van der Waals surface area contributed by atoms with Crippen molar-refractivity contribution in [3.63, 3.8) is 0 Å². The lowest BCUT2D eigenvalue weighted by Crippen LogP contribution is -2.39. The van der Waals surface area contributed by atoms with Gasteiger partial charge in [-0.05, 0) is 39.8 Å². The number of carbonyl (C=O) groups is 1. The van der Waals surface area contributed by atoms with Crippen LogP contribution in [0.15, 0.2) is 36.5 Å². The van der Waals surface area contributed by atoms with Crippen molar-refractivity contribution in [3.05, 3.63) is 42.1 Å². The van der Waals surface area contributed by atoms with Crippen LogP contribution in [0.5, 0.6) is 0 Å². The van der Waals surface area contributed by atoms with Gasteiger partial charge in [0.25, 0.3) is 0 Å². The van der Waals surface area contributed by atoms with Crippen LogP contribution in [-0.2, 0) is 4.74 Å². The number of hydrogen-bond donors (Lipinski definition) is 0. The van der Waals surface area contributed by atoms with E-state index in [1.165, 1.54) is 0 Å². The molecule has 0 fully saturated rings. The number of hydrogen-bond acceptors (Lipinski definition) is 4. The van der Waals surface area contributed by atoms with Crippen LogP contribution in [0.3, 0.4) is 0 Å². The number of fused-ring (bicyclic) bond motifs is 1. The topological polar surface area (TPSA) is 42.4 Å². The first-order valence-corrected chi connectivity index (χ1v) is 7.76. The van der Waals surface area contributed by atoms with Gasteiger partial charge in [-0.2, -0.15) is 0 Å². The molecule has 4 heteroatoms. The number of esters is 1. The molecule has 1 aromatic carbocycles. The fourth-order valence-electron chi connectivity index (χ4n) is 2.62. The van der Waals surface area contributed by atoms with Gasteiger partial charge in [-0.3, -0.25) is 9.88 Å². The smallest absolute Gasteiger partial charge is 0.339 e. The van der Waals surface area contributed by atoms with Crippen molar-refractivity contribution in [2.75, 3.05) is 13.2 Å². The lowest BCUT2D eigenvalue weighted by atomic mass is 10.1. The summed E-state index contributed by atoms with van der Waals surface area (Å²) in [7, 11) is 0. The molecule has 118 valence electrons. The number of pyridine rings is 1. The van der Waals surface area contributed by atoms with E-state index in [4.69, 9.17) is 4.74 Å². The molecule has 0 amide bonds. The van der Waals surface area contributed by atoms with Crippen LogP contribution < -0.4 is 0 Å². The van der Waals surface area contributed by atoms with Crippen LogP contribution in [-0.4, -0.2) is 41.1 Å². The molecule has 2 rings (SSSR count). The molecule has 0 saturated heterocycles. The molecule has 0 saturated carbocycles. The van der Waals surface area contributed by atoms with E-state index in [0.717, 1.165) is 17.4 Å². The normalized spacial score (nSPS) is 11.6. The number of rotatable bonds is 6. The molecule has 1 aromatic heterocycles. The van der Waals surface area contributed by atoms with Gasteiger partial charge in [0.05, 0.1) is 11.1 Å². The van der Waals surface area contributed by atoms with Crippen LogP contribution >= 0.6 is 0 Å². The molecule has 4 nitrogen and oxygen atoms in total. The molecule has 0 unspecified atom stereocenters. The van der Waals surface area contributed by atoms with Gasteiger partial charge >= 0.3 is 5.97 Å².